The molecule has 3 amide bonds. The van der Waals surface area contributed by atoms with Crippen LogP contribution in [0.5, 0.6) is 23.0 Å². The molecule has 5 N–H and O–H groups in total. The number of carbonyl (C=O) groups excluding carboxylic acids is 3. The fourth-order valence-electron chi connectivity index (χ4n) is 7.55. The van der Waals surface area contributed by atoms with E-state index in [9.17, 15) is 28.7 Å². The predicted molar refractivity (Wildman–Crippen MR) is 240 cm³/mol. The van der Waals surface area contributed by atoms with E-state index in [1.54, 1.807) is 88.7 Å². The Labute approximate surface area is 380 Å². The zero-order chi connectivity index (χ0) is 46.4. The lowest BCUT2D eigenvalue weighted by Gasteiger charge is -2.37. The van der Waals surface area contributed by atoms with E-state index in [4.69, 9.17) is 14.2 Å². The molecule has 18 nitrogen and oxygen atoms in total. The van der Waals surface area contributed by atoms with Gasteiger partial charge in [-0.15, -0.1) is 16.4 Å². The average Bonchev–Trinajstić information content (AvgIpc) is 4.08. The van der Waals surface area contributed by atoms with Gasteiger partial charge in [-0.25, -0.2) is 23.8 Å². The van der Waals surface area contributed by atoms with Crippen LogP contribution in [0.1, 0.15) is 67.2 Å². The number of amides is 3. The Hall–Kier alpha value is -7.97. The van der Waals surface area contributed by atoms with E-state index in [1.807, 2.05) is 19.1 Å². The highest BCUT2D eigenvalue weighted by Crippen LogP contribution is 2.41. The summed E-state index contributed by atoms with van der Waals surface area (Å²) in [5.41, 5.74) is 2.46. The van der Waals surface area contributed by atoms with E-state index in [-0.39, 0.29) is 55.1 Å². The van der Waals surface area contributed by atoms with Crippen molar-refractivity contribution in [3.05, 3.63) is 148 Å². The van der Waals surface area contributed by atoms with Crippen LogP contribution in [-0.2, 0) is 29.8 Å². The van der Waals surface area contributed by atoms with Crippen molar-refractivity contribution in [3.63, 3.8) is 0 Å². The number of thiazole rings is 1. The van der Waals surface area contributed by atoms with Gasteiger partial charge in [0.2, 0.25) is 5.91 Å². The molecule has 20 heteroatoms. The van der Waals surface area contributed by atoms with Crippen LogP contribution in [0.3, 0.4) is 0 Å². The minimum atomic E-state index is -1.41. The van der Waals surface area contributed by atoms with Crippen LogP contribution >= 0.6 is 11.3 Å². The molecular formula is C46H43FN10O8S. The lowest BCUT2D eigenvalue weighted by Crippen LogP contribution is -2.47. The molecule has 0 aliphatic carbocycles. The van der Waals surface area contributed by atoms with E-state index in [0.29, 0.717) is 58.1 Å². The number of hydrogen-bond donors (Lipinski definition) is 5. The maximum Gasteiger partial charge on any atom is 0.338 e. The van der Waals surface area contributed by atoms with Gasteiger partial charge in [-0.3, -0.25) is 14.4 Å². The van der Waals surface area contributed by atoms with Crippen LogP contribution < -0.4 is 35.5 Å². The van der Waals surface area contributed by atoms with Crippen LogP contribution in [0.4, 0.5) is 15.2 Å². The first kappa shape index (κ1) is 44.6. The summed E-state index contributed by atoms with van der Waals surface area (Å²) in [5.74, 6) is -1.90. The molecule has 1 atom stereocenters. The Morgan fingerprint density at radius 2 is 1.77 bits per heavy atom. The van der Waals surface area contributed by atoms with Crippen molar-refractivity contribution in [2.45, 2.75) is 45.3 Å². The van der Waals surface area contributed by atoms with Crippen LogP contribution in [0.25, 0.3) is 5.69 Å². The Morgan fingerprint density at radius 3 is 2.56 bits per heavy atom. The van der Waals surface area contributed by atoms with E-state index in [2.05, 4.69) is 41.5 Å². The number of nitrogens with zero attached hydrogens (tertiary/aromatic N) is 6. The molecule has 4 aromatic carbocycles. The number of fused-ring (bicyclic) bond motifs is 1. The third kappa shape index (κ3) is 10.0. The third-order valence-corrected chi connectivity index (χ3v) is 11.4. The number of anilines is 2. The average molecular weight is 915 g/mol. The number of carboxylic acids is 1. The van der Waals surface area contributed by atoms with Crippen molar-refractivity contribution in [2.75, 3.05) is 30.9 Å². The number of aromatic carboxylic acids is 1. The predicted octanol–water partition coefficient (Wildman–Crippen LogP) is 6.52. The summed E-state index contributed by atoms with van der Waals surface area (Å²) in [7, 11) is 1.50. The standard InChI is InChI=1S/C46H43FN10O8S/c1-27-51-36(26-57(27)37-10-6-5-9-35(37)52-42(59)32-8-4-7-11-38(32)63-3)43(60)49-24-29-25-56(55-54-29)17-18-64-39-20-28-14-15-50-46(2,23-41(58)53-45-48-16-19-66-45)33(28)22-40(39)65-30-12-13-31(44(61)62)34(47)21-30/h4-13,16,19-22,25-26,50H,14-15,17-18,23-24H2,1-3H3,(H,49,60)(H,52,59)(H,61,62)(H,48,53,58)/t46-/m1/s1. The zero-order valence-corrected chi connectivity index (χ0v) is 36.6. The van der Waals surface area contributed by atoms with Crippen LogP contribution in [0, 0.1) is 12.7 Å². The van der Waals surface area contributed by atoms with Crippen molar-refractivity contribution in [1.29, 1.82) is 0 Å². The zero-order valence-electron chi connectivity index (χ0n) is 35.8. The molecule has 0 saturated heterocycles. The van der Waals surface area contributed by atoms with Crippen LogP contribution in [-0.4, -0.2) is 78.6 Å². The Morgan fingerprint density at radius 1 is 0.955 bits per heavy atom. The number of nitrogens with one attached hydrogen (secondary N) is 4. The van der Waals surface area contributed by atoms with Gasteiger partial charge in [0.15, 0.2) is 16.6 Å². The topological polar surface area (TPSA) is 226 Å². The number of carbonyl (C=O) groups is 4. The molecule has 0 radical (unpaired) electrons. The molecule has 338 valence electrons. The number of aromatic nitrogens is 6. The van der Waals surface area contributed by atoms with E-state index in [0.717, 1.165) is 23.3 Å². The number of benzene rings is 4. The van der Waals surface area contributed by atoms with Gasteiger partial charge in [-0.05, 0) is 79.9 Å². The smallest absolute Gasteiger partial charge is 0.338 e. The van der Waals surface area contributed by atoms with Gasteiger partial charge in [0.05, 0.1) is 48.9 Å². The molecule has 0 fully saturated rings. The van der Waals surface area contributed by atoms with Crippen molar-refractivity contribution < 1.29 is 42.9 Å². The first-order valence-corrected chi connectivity index (χ1v) is 21.5. The summed E-state index contributed by atoms with van der Waals surface area (Å²) in [4.78, 5) is 59.8. The molecular weight excluding hydrogens is 872 g/mol. The molecule has 0 unspecified atom stereocenters. The second-order valence-electron chi connectivity index (χ2n) is 15.3. The number of aryl methyl sites for hydroxylation is 1. The van der Waals surface area contributed by atoms with Gasteiger partial charge in [0.25, 0.3) is 11.8 Å². The fraction of sp³-hybridized carbons (Fsp3) is 0.217. The first-order valence-electron chi connectivity index (χ1n) is 20.6. The molecule has 0 spiro atoms. The normalized spacial score (nSPS) is 14.2. The Bertz CT molecular complexity index is 2940. The second kappa shape index (κ2) is 19.4. The number of hydrogen-bond acceptors (Lipinski definition) is 13. The van der Waals surface area contributed by atoms with Crippen LogP contribution in [0.2, 0.25) is 0 Å². The summed E-state index contributed by atoms with van der Waals surface area (Å²) >= 11 is 1.31. The molecule has 8 rings (SSSR count). The molecule has 1 aliphatic rings. The minimum Gasteiger partial charge on any atom is -0.496 e. The number of rotatable bonds is 17. The molecule has 4 heterocycles. The van der Waals surface area contributed by atoms with Gasteiger partial charge in [-0.2, -0.15) is 0 Å². The molecule has 66 heavy (non-hydrogen) atoms. The van der Waals surface area contributed by atoms with E-state index < -0.39 is 28.8 Å². The summed E-state index contributed by atoms with van der Waals surface area (Å²) in [6.45, 7) is 4.62. The van der Waals surface area contributed by atoms with Gasteiger partial charge >= 0.3 is 5.97 Å². The number of carboxylic acid groups (broad SMARTS) is 1. The quantitative estimate of drug-likeness (QED) is 0.0657. The monoisotopic (exact) mass is 914 g/mol. The second-order valence-corrected chi connectivity index (χ2v) is 16.2. The Balaban J connectivity index is 0.925. The molecule has 1 aliphatic heterocycles. The fourth-order valence-corrected chi connectivity index (χ4v) is 8.09. The van der Waals surface area contributed by atoms with Crippen molar-refractivity contribution in [1.82, 2.24) is 40.2 Å². The first-order chi connectivity index (χ1) is 31.9. The highest BCUT2D eigenvalue weighted by molar-refractivity contribution is 7.13. The Kier molecular flexibility index (Phi) is 13.1. The summed E-state index contributed by atoms with van der Waals surface area (Å²) in [5, 5.41) is 32.0. The van der Waals surface area contributed by atoms with Crippen molar-refractivity contribution in [3.8, 4) is 28.7 Å². The number of halogens is 1. The van der Waals surface area contributed by atoms with Crippen molar-refractivity contribution in [2.24, 2.45) is 0 Å². The highest BCUT2D eigenvalue weighted by atomic mass is 32.1. The minimum absolute atomic E-state index is 0.0395. The molecule has 7 aromatic rings. The lowest BCUT2D eigenvalue weighted by atomic mass is 9.81. The van der Waals surface area contributed by atoms with Gasteiger partial charge in [0.1, 0.15) is 41.1 Å². The molecule has 0 bridgehead atoms. The molecule has 3 aromatic heterocycles. The lowest BCUT2D eigenvalue weighted by molar-refractivity contribution is -0.117. The summed E-state index contributed by atoms with van der Waals surface area (Å²) < 4.78 is 35.8. The molecule has 0 saturated carbocycles. The SMILES string of the molecule is COc1ccccc1C(=O)Nc1ccccc1-n1cc(C(=O)NCc2cn(CCOc3cc4c(cc3Oc3ccc(C(=O)O)c(F)c3)[C@@](C)(CC(=O)Nc3nccs3)NCC4)nn2)nc1C. The van der Waals surface area contributed by atoms with E-state index >= 15 is 0 Å². The van der Waals surface area contributed by atoms with Crippen LogP contribution in [0.15, 0.2) is 103 Å². The van der Waals surface area contributed by atoms with Gasteiger partial charge in [0, 0.05) is 42.3 Å². The summed E-state index contributed by atoms with van der Waals surface area (Å²) in [6.07, 6.45) is 5.55. The van der Waals surface area contributed by atoms with E-state index in [1.165, 1.54) is 24.5 Å². The number of imidazole rings is 1. The third-order valence-electron chi connectivity index (χ3n) is 10.7. The van der Waals surface area contributed by atoms with Crippen molar-refractivity contribution >= 4 is 45.8 Å². The summed E-state index contributed by atoms with van der Waals surface area (Å²) in [6, 6.07) is 21.1. The number of methoxy groups -OCH3 is 1. The largest absolute Gasteiger partial charge is 0.496 e. The highest BCUT2D eigenvalue weighted by Gasteiger charge is 2.36. The van der Waals surface area contributed by atoms with Gasteiger partial charge < -0.3 is 45.2 Å². The van der Waals surface area contributed by atoms with Gasteiger partial charge in [-0.1, -0.05) is 29.5 Å². The number of para-hydroxylation sites is 3. The maximum absolute atomic E-state index is 14.8. The maximum atomic E-state index is 14.8. The number of ether oxygens (including phenoxy) is 3.